The molecule has 0 radical (unpaired) electrons. The van der Waals surface area contributed by atoms with E-state index in [2.05, 4.69) is 26.1 Å². The van der Waals surface area contributed by atoms with Gasteiger partial charge in [0.2, 0.25) is 0 Å². The molecule has 2 unspecified atom stereocenters. The van der Waals surface area contributed by atoms with Gasteiger partial charge in [0, 0.05) is 19.3 Å². The van der Waals surface area contributed by atoms with Gasteiger partial charge in [0.1, 0.15) is 0 Å². The fourth-order valence-electron chi connectivity index (χ4n) is 1.93. The Bertz CT molecular complexity index is 182. The maximum Gasteiger partial charge on any atom is 0.0700 e. The topological polar surface area (TPSA) is 41.5 Å². The molecule has 0 aliphatic carbocycles. The van der Waals surface area contributed by atoms with E-state index < -0.39 is 0 Å². The largest absolute Gasteiger partial charge is 0.396 e. The van der Waals surface area contributed by atoms with E-state index in [-0.39, 0.29) is 12.0 Å². The Kier molecular flexibility index (Phi) is 5.03. The molecule has 1 heterocycles. The number of ether oxygens (including phenoxy) is 1. The van der Waals surface area contributed by atoms with Gasteiger partial charge in [0.05, 0.1) is 6.10 Å². The second-order valence-corrected chi connectivity index (χ2v) is 5.35. The Balaban J connectivity index is 2.06. The first-order chi connectivity index (χ1) is 7.05. The summed E-state index contributed by atoms with van der Waals surface area (Å²) in [5.74, 6) is 0. The lowest BCUT2D eigenvalue weighted by atomic mass is 9.89. The molecule has 1 fully saturated rings. The van der Waals surface area contributed by atoms with E-state index in [1.165, 1.54) is 0 Å². The Morgan fingerprint density at radius 1 is 1.47 bits per heavy atom. The van der Waals surface area contributed by atoms with Crippen molar-refractivity contribution in [3.63, 3.8) is 0 Å². The molecule has 15 heavy (non-hydrogen) atoms. The molecular weight excluding hydrogens is 190 g/mol. The minimum atomic E-state index is 0.0689. The third kappa shape index (κ3) is 4.49. The molecule has 1 saturated heterocycles. The zero-order chi connectivity index (χ0) is 11.3. The molecule has 90 valence electrons. The normalized spacial score (nSPS) is 27.2. The lowest BCUT2D eigenvalue weighted by Gasteiger charge is -2.22. The van der Waals surface area contributed by atoms with Gasteiger partial charge in [-0.15, -0.1) is 0 Å². The van der Waals surface area contributed by atoms with Crippen LogP contribution >= 0.6 is 0 Å². The summed E-state index contributed by atoms with van der Waals surface area (Å²) < 4.78 is 5.48. The van der Waals surface area contributed by atoms with E-state index in [9.17, 15) is 0 Å². The van der Waals surface area contributed by atoms with Crippen molar-refractivity contribution in [2.45, 2.75) is 52.2 Å². The Morgan fingerprint density at radius 3 is 2.73 bits per heavy atom. The third-order valence-electron chi connectivity index (χ3n) is 3.24. The number of rotatable bonds is 6. The molecule has 2 atom stereocenters. The highest BCUT2D eigenvalue weighted by Gasteiger charge is 2.23. The van der Waals surface area contributed by atoms with Crippen molar-refractivity contribution in [3.05, 3.63) is 0 Å². The third-order valence-corrected chi connectivity index (χ3v) is 3.24. The van der Waals surface area contributed by atoms with Crippen molar-refractivity contribution in [1.82, 2.24) is 5.32 Å². The first-order valence-corrected chi connectivity index (χ1v) is 6.01. The molecule has 0 aromatic carbocycles. The zero-order valence-electron chi connectivity index (χ0n) is 10.3. The van der Waals surface area contributed by atoms with Crippen molar-refractivity contribution in [2.75, 3.05) is 19.8 Å². The van der Waals surface area contributed by atoms with Crippen LogP contribution in [0.4, 0.5) is 0 Å². The molecule has 0 spiro atoms. The second-order valence-electron chi connectivity index (χ2n) is 5.35. The predicted octanol–water partition coefficient (Wildman–Crippen LogP) is 1.55. The molecule has 1 aliphatic heterocycles. The highest BCUT2D eigenvalue weighted by Crippen LogP contribution is 2.20. The smallest absolute Gasteiger partial charge is 0.0700 e. The fraction of sp³-hybridized carbons (Fsp3) is 1.00. The van der Waals surface area contributed by atoms with Crippen LogP contribution in [0, 0.1) is 5.41 Å². The molecule has 1 aliphatic rings. The summed E-state index contributed by atoms with van der Waals surface area (Å²) in [6, 6.07) is 0.530. The molecule has 1 rings (SSSR count). The quantitative estimate of drug-likeness (QED) is 0.661. The Hall–Kier alpha value is -0.120. The van der Waals surface area contributed by atoms with Crippen molar-refractivity contribution >= 4 is 0 Å². The molecule has 0 bridgehead atoms. The molecule has 0 amide bonds. The van der Waals surface area contributed by atoms with E-state index in [0.717, 1.165) is 32.4 Å². The lowest BCUT2D eigenvalue weighted by Crippen LogP contribution is -2.35. The second kappa shape index (κ2) is 5.83. The minimum Gasteiger partial charge on any atom is -0.396 e. The number of hydrogen-bond acceptors (Lipinski definition) is 3. The summed E-state index contributed by atoms with van der Waals surface area (Å²) in [5.41, 5.74) is 0.0689. The van der Waals surface area contributed by atoms with Crippen LogP contribution in [0.15, 0.2) is 0 Å². The van der Waals surface area contributed by atoms with Crippen molar-refractivity contribution in [3.8, 4) is 0 Å². The maximum atomic E-state index is 9.11. The van der Waals surface area contributed by atoms with E-state index >= 15 is 0 Å². The van der Waals surface area contributed by atoms with Crippen LogP contribution in [-0.4, -0.2) is 37.0 Å². The highest BCUT2D eigenvalue weighted by molar-refractivity contribution is 4.79. The monoisotopic (exact) mass is 215 g/mol. The van der Waals surface area contributed by atoms with E-state index in [1.807, 2.05) is 0 Å². The van der Waals surface area contributed by atoms with Crippen LogP contribution in [0.25, 0.3) is 0 Å². The molecule has 2 N–H and O–H groups in total. The van der Waals surface area contributed by atoms with Crippen molar-refractivity contribution < 1.29 is 9.84 Å². The highest BCUT2D eigenvalue weighted by atomic mass is 16.5. The summed E-state index contributed by atoms with van der Waals surface area (Å²) in [6.07, 6.45) is 3.68. The first kappa shape index (κ1) is 12.9. The van der Waals surface area contributed by atoms with Gasteiger partial charge in [-0.25, -0.2) is 0 Å². The summed E-state index contributed by atoms with van der Waals surface area (Å²) in [4.78, 5) is 0. The summed E-state index contributed by atoms with van der Waals surface area (Å²) in [6.45, 7) is 8.53. The van der Waals surface area contributed by atoms with Crippen LogP contribution in [0.1, 0.15) is 40.0 Å². The SMILES string of the molecule is CC1OCCC1NCCCC(C)(C)CO. The summed E-state index contributed by atoms with van der Waals surface area (Å²) in [7, 11) is 0. The van der Waals surface area contributed by atoms with E-state index in [1.54, 1.807) is 0 Å². The molecule has 3 heteroatoms. The van der Waals surface area contributed by atoms with Crippen LogP contribution in [0.3, 0.4) is 0 Å². The zero-order valence-corrected chi connectivity index (χ0v) is 10.3. The molecule has 3 nitrogen and oxygen atoms in total. The van der Waals surface area contributed by atoms with E-state index in [0.29, 0.717) is 12.1 Å². The Labute approximate surface area is 93.2 Å². The number of hydrogen-bond donors (Lipinski definition) is 2. The number of aliphatic hydroxyl groups is 1. The van der Waals surface area contributed by atoms with Crippen LogP contribution in [-0.2, 0) is 4.74 Å². The Morgan fingerprint density at radius 2 is 2.20 bits per heavy atom. The summed E-state index contributed by atoms with van der Waals surface area (Å²) in [5, 5.41) is 12.6. The summed E-state index contributed by atoms with van der Waals surface area (Å²) >= 11 is 0. The van der Waals surface area contributed by atoms with Gasteiger partial charge in [0.25, 0.3) is 0 Å². The van der Waals surface area contributed by atoms with Gasteiger partial charge in [0.15, 0.2) is 0 Å². The lowest BCUT2D eigenvalue weighted by molar-refractivity contribution is 0.112. The standard InChI is InChI=1S/C12H25NO2/c1-10-11(5-8-15-10)13-7-4-6-12(2,3)9-14/h10-11,13-14H,4-9H2,1-3H3. The molecular formula is C12H25NO2. The molecule has 0 aromatic heterocycles. The van der Waals surface area contributed by atoms with Gasteiger partial charge in [-0.05, 0) is 38.1 Å². The van der Waals surface area contributed by atoms with Crippen LogP contribution in [0.5, 0.6) is 0 Å². The van der Waals surface area contributed by atoms with Gasteiger partial charge < -0.3 is 15.2 Å². The minimum absolute atomic E-state index is 0.0689. The first-order valence-electron chi connectivity index (χ1n) is 6.01. The van der Waals surface area contributed by atoms with E-state index in [4.69, 9.17) is 9.84 Å². The fourth-order valence-corrected chi connectivity index (χ4v) is 1.93. The van der Waals surface area contributed by atoms with Gasteiger partial charge in [-0.3, -0.25) is 0 Å². The molecule has 0 aromatic rings. The number of aliphatic hydroxyl groups excluding tert-OH is 1. The average Bonchev–Trinajstić information content (AvgIpc) is 2.59. The molecule has 0 saturated carbocycles. The van der Waals surface area contributed by atoms with Crippen molar-refractivity contribution in [2.24, 2.45) is 5.41 Å². The number of nitrogens with one attached hydrogen (secondary N) is 1. The van der Waals surface area contributed by atoms with Gasteiger partial charge in [-0.2, -0.15) is 0 Å². The van der Waals surface area contributed by atoms with Gasteiger partial charge in [-0.1, -0.05) is 13.8 Å². The van der Waals surface area contributed by atoms with Gasteiger partial charge >= 0.3 is 0 Å². The van der Waals surface area contributed by atoms with Crippen LogP contribution in [0.2, 0.25) is 0 Å². The van der Waals surface area contributed by atoms with Crippen molar-refractivity contribution in [1.29, 1.82) is 0 Å². The maximum absolute atomic E-state index is 9.11. The van der Waals surface area contributed by atoms with Crippen LogP contribution < -0.4 is 5.32 Å². The average molecular weight is 215 g/mol. The predicted molar refractivity (Wildman–Crippen MR) is 61.9 cm³/mol.